The van der Waals surface area contributed by atoms with Gasteiger partial charge < -0.3 is 5.11 Å². The molecule has 0 bridgehead atoms. The van der Waals surface area contributed by atoms with Crippen LogP contribution in [-0.4, -0.2) is 92.7 Å². The summed E-state index contributed by atoms with van der Waals surface area (Å²) in [6, 6.07) is 0. The molecule has 0 aromatic heterocycles. The molecule has 0 aromatic carbocycles. The summed E-state index contributed by atoms with van der Waals surface area (Å²) in [5.41, 5.74) is 0. The normalized spacial score (nSPS) is 33.7. The summed E-state index contributed by atoms with van der Waals surface area (Å²) < 4.78 is 140. The molecular formula is C6HF11KO3. The Morgan fingerprint density at radius 2 is 1.10 bits per heavy atom. The van der Waals surface area contributed by atoms with Crippen molar-refractivity contribution in [1.29, 1.82) is 0 Å². The zero-order valence-electron chi connectivity index (χ0n) is 9.42. The predicted octanol–water partition coefficient (Wildman–Crippen LogP) is 2.32. The number of rotatable bonds is 1. The number of hydrogen-bond donors (Lipinski definition) is 1. The summed E-state index contributed by atoms with van der Waals surface area (Å²) in [5.74, 6) is -12.8. The monoisotopic (exact) mass is 369 g/mol. The second-order valence-electron chi connectivity index (χ2n) is 3.47. The molecule has 0 spiro atoms. The van der Waals surface area contributed by atoms with Gasteiger partial charge in [0.25, 0.3) is 0 Å². The van der Waals surface area contributed by atoms with Crippen LogP contribution in [0.3, 0.4) is 0 Å². The molecule has 2 unspecified atom stereocenters. The van der Waals surface area contributed by atoms with Crippen LogP contribution in [-0.2, 0) is 9.47 Å². The van der Waals surface area contributed by atoms with E-state index in [1.165, 1.54) is 0 Å². The number of ether oxygens (including phenoxy) is 2. The van der Waals surface area contributed by atoms with E-state index >= 15 is 0 Å². The summed E-state index contributed by atoms with van der Waals surface area (Å²) in [6.45, 7) is 0. The Morgan fingerprint density at radius 1 is 0.714 bits per heavy atom. The molecule has 21 heavy (non-hydrogen) atoms. The molecule has 0 saturated carbocycles. The van der Waals surface area contributed by atoms with Gasteiger partial charge in [0.15, 0.2) is 0 Å². The van der Waals surface area contributed by atoms with Crippen LogP contribution in [0.25, 0.3) is 0 Å². The molecule has 0 aromatic rings. The maximum absolute atomic E-state index is 13.0. The minimum absolute atomic E-state index is 0. The van der Waals surface area contributed by atoms with E-state index in [1.807, 2.05) is 0 Å². The zero-order chi connectivity index (χ0) is 16.4. The van der Waals surface area contributed by atoms with Gasteiger partial charge in [-0.25, -0.2) is 0 Å². The Kier molecular flexibility index (Phi) is 5.58. The van der Waals surface area contributed by atoms with Gasteiger partial charge in [-0.15, -0.1) is 0 Å². The van der Waals surface area contributed by atoms with Crippen molar-refractivity contribution in [2.24, 2.45) is 0 Å². The van der Waals surface area contributed by atoms with Gasteiger partial charge in [-0.05, 0) is 0 Å². The largest absolute Gasteiger partial charge is 0.458 e. The van der Waals surface area contributed by atoms with Gasteiger partial charge in [-0.3, -0.25) is 9.47 Å². The van der Waals surface area contributed by atoms with E-state index in [0.717, 1.165) is 0 Å². The smallest absolute Gasteiger partial charge is 0.332 e. The van der Waals surface area contributed by atoms with Crippen LogP contribution in [0.5, 0.6) is 0 Å². The van der Waals surface area contributed by atoms with E-state index in [2.05, 4.69) is 9.47 Å². The minimum atomic E-state index is -6.87. The third-order valence-corrected chi connectivity index (χ3v) is 2.06. The summed E-state index contributed by atoms with van der Waals surface area (Å²) in [4.78, 5) is 0. The molecule has 121 valence electrons. The first kappa shape index (κ1) is 21.7. The van der Waals surface area contributed by atoms with Crippen LogP contribution in [0.4, 0.5) is 48.3 Å². The van der Waals surface area contributed by atoms with E-state index in [0.29, 0.717) is 0 Å². The summed E-state index contributed by atoms with van der Waals surface area (Å²) >= 11 is 0. The molecule has 1 fully saturated rings. The fourth-order valence-corrected chi connectivity index (χ4v) is 1.16. The quantitative estimate of drug-likeness (QED) is 0.570. The second-order valence-corrected chi connectivity index (χ2v) is 3.47. The Hall–Kier alpha value is 0.746. The molecular weight excluding hydrogens is 368 g/mol. The molecule has 15 heteroatoms. The van der Waals surface area contributed by atoms with Gasteiger partial charge in [-0.2, -0.15) is 48.3 Å². The number of aliphatic hydroxyl groups is 1. The van der Waals surface area contributed by atoms with E-state index < -0.39 is 36.2 Å². The molecule has 1 rings (SSSR count). The number of halogens is 11. The van der Waals surface area contributed by atoms with Gasteiger partial charge in [0.05, 0.1) is 0 Å². The molecule has 0 aliphatic carbocycles. The first-order valence-electron chi connectivity index (χ1n) is 4.12. The topological polar surface area (TPSA) is 38.7 Å². The van der Waals surface area contributed by atoms with E-state index in [4.69, 9.17) is 5.11 Å². The fourth-order valence-electron chi connectivity index (χ4n) is 1.16. The Morgan fingerprint density at radius 3 is 1.24 bits per heavy atom. The molecule has 2 atom stereocenters. The van der Waals surface area contributed by atoms with Gasteiger partial charge >= 0.3 is 36.2 Å². The molecule has 1 aliphatic rings. The van der Waals surface area contributed by atoms with Crippen molar-refractivity contribution in [1.82, 2.24) is 0 Å². The molecule has 1 heterocycles. The van der Waals surface area contributed by atoms with Crippen LogP contribution >= 0.6 is 0 Å². The first-order chi connectivity index (χ1) is 8.41. The Bertz CT molecular complexity index is 384. The van der Waals surface area contributed by atoms with Crippen LogP contribution in [0.15, 0.2) is 0 Å². The van der Waals surface area contributed by atoms with Gasteiger partial charge in [-0.1, -0.05) is 0 Å². The summed E-state index contributed by atoms with van der Waals surface area (Å²) in [6.07, 6.45) is -26.6. The summed E-state index contributed by atoms with van der Waals surface area (Å²) in [7, 11) is 0. The van der Waals surface area contributed by atoms with Crippen molar-refractivity contribution in [3.8, 4) is 0 Å². The van der Waals surface area contributed by atoms with E-state index in [9.17, 15) is 48.3 Å². The average Bonchev–Trinajstić information content (AvgIpc) is 2.32. The van der Waals surface area contributed by atoms with Crippen molar-refractivity contribution < 1.29 is 62.9 Å². The third kappa shape index (κ3) is 3.07. The Balaban J connectivity index is 0.00000400. The Labute approximate surface area is 149 Å². The molecule has 3 nitrogen and oxygen atoms in total. The SMILES string of the molecule is OC(F)(F)C1(C(F)(F)F)OC(F)(F)C(F)(C(F)(F)F)O1.[K]. The van der Waals surface area contributed by atoms with E-state index in [1.54, 1.807) is 0 Å². The maximum Gasteiger partial charge on any atom is 0.458 e. The van der Waals surface area contributed by atoms with Crippen molar-refractivity contribution in [3.63, 3.8) is 0 Å². The first-order valence-corrected chi connectivity index (χ1v) is 4.12. The zero-order valence-corrected chi connectivity index (χ0v) is 12.5. The fraction of sp³-hybridized carbons (Fsp3) is 1.00. The predicted molar refractivity (Wildman–Crippen MR) is 38.7 cm³/mol. The van der Waals surface area contributed by atoms with Crippen molar-refractivity contribution in [2.75, 3.05) is 0 Å². The van der Waals surface area contributed by atoms with Crippen LogP contribution < -0.4 is 0 Å². The van der Waals surface area contributed by atoms with Gasteiger partial charge in [0.1, 0.15) is 0 Å². The van der Waals surface area contributed by atoms with Crippen LogP contribution in [0.2, 0.25) is 0 Å². The van der Waals surface area contributed by atoms with Gasteiger partial charge in [0.2, 0.25) is 0 Å². The maximum atomic E-state index is 13.0. The third-order valence-electron chi connectivity index (χ3n) is 2.06. The number of hydrogen-bond acceptors (Lipinski definition) is 3. The second kappa shape index (κ2) is 5.39. The van der Waals surface area contributed by atoms with Crippen LogP contribution in [0.1, 0.15) is 0 Å². The molecule has 1 saturated heterocycles. The van der Waals surface area contributed by atoms with Crippen molar-refractivity contribution >= 4 is 51.4 Å². The van der Waals surface area contributed by atoms with Crippen molar-refractivity contribution in [2.45, 2.75) is 36.2 Å². The average molecular weight is 369 g/mol. The molecule has 1 N–H and O–H groups in total. The van der Waals surface area contributed by atoms with Crippen LogP contribution in [0, 0.1) is 0 Å². The standard InChI is InChI=1S/C6HF11O3.K/c7-1(3(8,9)10)6(16,17)20-2(19-1,4(11,12)13)5(14,15)18;/h18H;. The van der Waals surface area contributed by atoms with E-state index in [-0.39, 0.29) is 51.4 Å². The van der Waals surface area contributed by atoms with Gasteiger partial charge in [0, 0.05) is 51.4 Å². The molecule has 0 amide bonds. The molecule has 1 aliphatic heterocycles. The number of alkyl halides is 11. The van der Waals surface area contributed by atoms with Crippen molar-refractivity contribution in [3.05, 3.63) is 0 Å². The minimum Gasteiger partial charge on any atom is -0.332 e. The summed E-state index contributed by atoms with van der Waals surface area (Å²) in [5, 5.41) is 7.86. The molecule has 1 radical (unpaired) electrons.